The molecule has 0 saturated carbocycles. The van der Waals surface area contributed by atoms with E-state index in [-0.39, 0.29) is 37.9 Å². The monoisotopic (exact) mass is 950 g/mol. The molecule has 66 heavy (non-hydrogen) atoms. The van der Waals surface area contributed by atoms with Crippen LogP contribution in [0.4, 0.5) is 0 Å². The van der Waals surface area contributed by atoms with Crippen molar-refractivity contribution < 1.29 is 37.3 Å². The van der Waals surface area contributed by atoms with E-state index in [1.165, 1.54) is 141 Å². The zero-order valence-corrected chi connectivity index (χ0v) is 44.8. The van der Waals surface area contributed by atoms with Crippen LogP contribution in [0.5, 0.6) is 0 Å². The molecule has 9 nitrogen and oxygen atoms in total. The number of esters is 1. The van der Waals surface area contributed by atoms with Gasteiger partial charge in [0.2, 0.25) is 5.91 Å². The average molecular weight is 950 g/mol. The van der Waals surface area contributed by atoms with Crippen molar-refractivity contribution >= 4 is 19.7 Å². The van der Waals surface area contributed by atoms with Crippen molar-refractivity contribution in [2.45, 2.75) is 258 Å². The molecule has 0 aromatic rings. The Balaban J connectivity index is 5.46. The molecule has 0 aliphatic rings. The Morgan fingerprint density at radius 3 is 1.42 bits per heavy atom. The van der Waals surface area contributed by atoms with Crippen molar-refractivity contribution in [3.05, 3.63) is 48.6 Å². The molecule has 0 aliphatic heterocycles. The average Bonchev–Trinajstić information content (AvgIpc) is 3.27. The number of phosphoric ester groups is 1. The van der Waals surface area contributed by atoms with Crippen molar-refractivity contribution in [2.75, 3.05) is 40.9 Å². The molecule has 0 fully saturated rings. The van der Waals surface area contributed by atoms with Gasteiger partial charge in [0.15, 0.2) is 0 Å². The number of nitrogens with one attached hydrogen (secondary N) is 1. The van der Waals surface area contributed by atoms with E-state index in [0.29, 0.717) is 17.4 Å². The van der Waals surface area contributed by atoms with Crippen LogP contribution in [0.15, 0.2) is 48.6 Å². The summed E-state index contributed by atoms with van der Waals surface area (Å²) in [7, 11) is 1.46. The number of likely N-dealkylation sites (N-methyl/N-ethyl adjacent to an activating group) is 1. The van der Waals surface area contributed by atoms with Gasteiger partial charge in [-0.05, 0) is 76.7 Å². The van der Waals surface area contributed by atoms with Gasteiger partial charge in [-0.3, -0.25) is 18.6 Å². The van der Waals surface area contributed by atoms with Gasteiger partial charge in [0.25, 0.3) is 0 Å². The minimum Gasteiger partial charge on any atom is -0.456 e. The van der Waals surface area contributed by atoms with Gasteiger partial charge in [0.05, 0.1) is 33.8 Å². The van der Waals surface area contributed by atoms with E-state index in [1.807, 2.05) is 39.4 Å². The summed E-state index contributed by atoms with van der Waals surface area (Å²) in [6, 6.07) is -0.877. The summed E-state index contributed by atoms with van der Waals surface area (Å²) in [4.78, 5) is 37.4. The van der Waals surface area contributed by atoms with Gasteiger partial charge in [-0.25, -0.2) is 4.57 Å². The van der Waals surface area contributed by atoms with Gasteiger partial charge in [-0.1, -0.05) is 205 Å². The van der Waals surface area contributed by atoms with Crippen LogP contribution in [-0.2, 0) is 27.9 Å². The Kier molecular flexibility index (Phi) is 45.3. The molecule has 0 radical (unpaired) electrons. The lowest BCUT2D eigenvalue weighted by atomic mass is 10.1. The molecule has 386 valence electrons. The second-order valence-corrected chi connectivity index (χ2v) is 21.2. The summed E-state index contributed by atoms with van der Waals surface area (Å²) < 4.78 is 30.5. The standard InChI is InChI=1S/C56H105N2O7P/c1-7-10-13-16-19-22-25-28-29-31-34-37-40-43-46-49-56(60)65-54(47-44-41-38-35-32-27-24-21-18-15-12-9-3)53(52-64-66(61,62)63-51-50-58(4,5)6)57-55(59)48-45-42-39-36-33-30-26-23-20-17-14-11-8-2/h22,25,30,33,39,42,44,47,53-54H,7-21,23-24,26-29,31-32,34-38,40-41,43,45-46,48-52H2,1-6H3,(H-,57,59,61,62)/p+1/b25-22-,33-30-,42-39+,47-44+. The van der Waals surface area contributed by atoms with Crippen molar-refractivity contribution in [3.8, 4) is 0 Å². The van der Waals surface area contributed by atoms with Gasteiger partial charge >= 0.3 is 13.8 Å². The molecule has 0 heterocycles. The number of unbranched alkanes of at least 4 members (excludes halogenated alkanes) is 27. The molecule has 0 aromatic heterocycles. The quantitative estimate of drug-likeness (QED) is 0.0205. The Morgan fingerprint density at radius 1 is 0.530 bits per heavy atom. The molecule has 0 rings (SSSR count). The summed E-state index contributed by atoms with van der Waals surface area (Å²) in [6.45, 7) is 6.94. The van der Waals surface area contributed by atoms with Crippen molar-refractivity contribution in [2.24, 2.45) is 0 Å². The number of rotatable bonds is 49. The number of carbonyl (C=O) groups is 2. The van der Waals surface area contributed by atoms with Crippen LogP contribution < -0.4 is 5.32 Å². The van der Waals surface area contributed by atoms with Crippen LogP contribution in [0.25, 0.3) is 0 Å². The SMILES string of the molecule is CCCCCC/C=C\CCCCCCCCCC(=O)OC(/C=C/CCCCCCCCCCCC)C(COP(=O)(O)OCC[N+](C)(C)C)NC(=O)CC/C=C/C/C=C\CCCCCCCC. The van der Waals surface area contributed by atoms with Crippen molar-refractivity contribution in [1.82, 2.24) is 5.32 Å². The molecule has 3 unspecified atom stereocenters. The maximum atomic E-state index is 13.4. The third kappa shape index (κ3) is 47.1. The normalized spacial score (nSPS) is 14.2. The van der Waals surface area contributed by atoms with E-state index in [2.05, 4.69) is 56.5 Å². The number of allylic oxidation sites excluding steroid dienone is 7. The van der Waals surface area contributed by atoms with Gasteiger partial charge in [-0.2, -0.15) is 0 Å². The lowest BCUT2D eigenvalue weighted by Gasteiger charge is -2.27. The highest BCUT2D eigenvalue weighted by molar-refractivity contribution is 7.47. The van der Waals surface area contributed by atoms with Crippen molar-refractivity contribution in [3.63, 3.8) is 0 Å². The van der Waals surface area contributed by atoms with Gasteiger partial charge < -0.3 is 19.4 Å². The Bertz CT molecular complexity index is 1280. The van der Waals surface area contributed by atoms with Crippen LogP contribution in [0.3, 0.4) is 0 Å². The smallest absolute Gasteiger partial charge is 0.456 e. The Morgan fingerprint density at radius 2 is 0.939 bits per heavy atom. The molecule has 0 bridgehead atoms. The number of hydrogen-bond acceptors (Lipinski definition) is 6. The largest absolute Gasteiger partial charge is 0.472 e. The van der Waals surface area contributed by atoms with E-state index in [9.17, 15) is 19.0 Å². The van der Waals surface area contributed by atoms with Gasteiger partial charge in [0, 0.05) is 12.8 Å². The number of quaternary nitrogens is 1. The number of phosphoric acid groups is 1. The third-order valence-corrected chi connectivity index (χ3v) is 13.0. The number of nitrogens with zero attached hydrogens (tertiary/aromatic N) is 1. The first-order chi connectivity index (χ1) is 31.9. The zero-order valence-electron chi connectivity index (χ0n) is 43.9. The lowest BCUT2D eigenvalue weighted by Crippen LogP contribution is -2.47. The first-order valence-electron chi connectivity index (χ1n) is 27.5. The first-order valence-corrected chi connectivity index (χ1v) is 29.0. The molecule has 0 aromatic carbocycles. The van der Waals surface area contributed by atoms with Crippen LogP contribution >= 0.6 is 7.82 Å². The highest BCUT2D eigenvalue weighted by atomic mass is 31.2. The predicted molar refractivity (Wildman–Crippen MR) is 282 cm³/mol. The fraction of sp³-hybridized carbons (Fsp3) is 0.821. The summed E-state index contributed by atoms with van der Waals surface area (Å²) in [6.07, 6.45) is 55.5. The summed E-state index contributed by atoms with van der Waals surface area (Å²) in [5, 5.41) is 3.00. The van der Waals surface area contributed by atoms with E-state index in [0.717, 1.165) is 64.2 Å². The molecule has 1 amide bonds. The molecule has 2 N–H and O–H groups in total. The second-order valence-electron chi connectivity index (χ2n) is 19.7. The van der Waals surface area contributed by atoms with Crippen LogP contribution in [0.1, 0.15) is 245 Å². The molecular weight excluding hydrogens is 844 g/mol. The van der Waals surface area contributed by atoms with Crippen LogP contribution in [0.2, 0.25) is 0 Å². The fourth-order valence-corrected chi connectivity index (χ4v) is 8.43. The maximum absolute atomic E-state index is 13.4. The number of hydrogen-bond donors (Lipinski definition) is 2. The lowest BCUT2D eigenvalue weighted by molar-refractivity contribution is -0.870. The Hall–Kier alpha value is -2.03. The molecule has 0 aliphatic carbocycles. The second kappa shape index (κ2) is 46.7. The highest BCUT2D eigenvalue weighted by Crippen LogP contribution is 2.43. The van der Waals surface area contributed by atoms with E-state index >= 15 is 0 Å². The molecular formula is C56H106N2O7P+. The first kappa shape index (κ1) is 64.0. The number of amides is 1. The van der Waals surface area contributed by atoms with E-state index in [1.54, 1.807) is 0 Å². The van der Waals surface area contributed by atoms with Crippen LogP contribution in [0, 0.1) is 0 Å². The van der Waals surface area contributed by atoms with Crippen molar-refractivity contribution in [1.29, 1.82) is 0 Å². The number of carbonyl (C=O) groups excluding carboxylic acids is 2. The summed E-state index contributed by atoms with van der Waals surface area (Å²) >= 11 is 0. The minimum atomic E-state index is -4.45. The third-order valence-electron chi connectivity index (χ3n) is 12.0. The fourth-order valence-electron chi connectivity index (χ4n) is 7.69. The minimum absolute atomic E-state index is 0.0304. The van der Waals surface area contributed by atoms with E-state index in [4.69, 9.17) is 13.8 Å². The topological polar surface area (TPSA) is 111 Å². The molecule has 0 saturated heterocycles. The molecule has 10 heteroatoms. The van der Waals surface area contributed by atoms with Gasteiger partial charge in [0.1, 0.15) is 19.3 Å². The van der Waals surface area contributed by atoms with Crippen LogP contribution in [-0.4, -0.2) is 74.3 Å². The molecule has 0 spiro atoms. The number of ether oxygens (including phenoxy) is 1. The summed E-state index contributed by atoms with van der Waals surface area (Å²) in [5.74, 6) is -0.587. The summed E-state index contributed by atoms with van der Waals surface area (Å²) in [5.41, 5.74) is 0. The van der Waals surface area contributed by atoms with Gasteiger partial charge in [-0.15, -0.1) is 0 Å². The maximum Gasteiger partial charge on any atom is 0.472 e. The zero-order chi connectivity index (χ0) is 48.7. The predicted octanol–water partition coefficient (Wildman–Crippen LogP) is 16.2. The van der Waals surface area contributed by atoms with E-state index < -0.39 is 20.0 Å². The highest BCUT2D eigenvalue weighted by Gasteiger charge is 2.30. The Labute approximate surface area is 408 Å². The molecule has 3 atom stereocenters.